The summed E-state index contributed by atoms with van der Waals surface area (Å²) in [5.74, 6) is 0.184. The van der Waals surface area contributed by atoms with Crippen LogP contribution in [0.1, 0.15) is 46.5 Å². The van der Waals surface area contributed by atoms with Crippen LogP contribution in [0.25, 0.3) is 0 Å². The predicted molar refractivity (Wildman–Crippen MR) is 93.3 cm³/mol. The Morgan fingerprint density at radius 1 is 1.12 bits per heavy atom. The van der Waals surface area contributed by atoms with Crippen LogP contribution in [0.3, 0.4) is 0 Å². The normalized spacial score (nSPS) is 10.8. The van der Waals surface area contributed by atoms with Crippen molar-refractivity contribution in [2.75, 3.05) is 11.9 Å². The zero-order valence-corrected chi connectivity index (χ0v) is 15.5. The number of amides is 2. The Morgan fingerprint density at radius 3 is 2.58 bits per heavy atom. The molecular formula is C14H20N6O2S2. The van der Waals surface area contributed by atoms with Crippen LogP contribution in [0.4, 0.5) is 5.13 Å². The van der Waals surface area contributed by atoms with E-state index in [2.05, 4.69) is 44.9 Å². The molecule has 0 saturated carbocycles. The number of carbonyl (C=O) groups excluding carboxylic acids is 2. The molecule has 0 aliphatic rings. The van der Waals surface area contributed by atoms with Gasteiger partial charge >= 0.3 is 0 Å². The monoisotopic (exact) mass is 368 g/mol. The number of nitrogens with zero attached hydrogens (tertiary/aromatic N) is 4. The molecule has 0 spiro atoms. The van der Waals surface area contributed by atoms with Crippen molar-refractivity contribution >= 4 is 39.6 Å². The summed E-state index contributed by atoms with van der Waals surface area (Å²) in [6.07, 6.45) is 1.76. The number of hydrogen-bond acceptors (Lipinski definition) is 8. The van der Waals surface area contributed by atoms with Gasteiger partial charge < -0.3 is 5.32 Å². The van der Waals surface area contributed by atoms with E-state index in [1.165, 1.54) is 22.7 Å². The van der Waals surface area contributed by atoms with Gasteiger partial charge in [-0.2, -0.15) is 0 Å². The molecule has 0 unspecified atom stereocenters. The molecule has 0 fully saturated rings. The van der Waals surface area contributed by atoms with Crippen LogP contribution in [0.15, 0.2) is 0 Å². The Balaban J connectivity index is 1.78. The number of aryl methyl sites for hydroxylation is 2. The van der Waals surface area contributed by atoms with Crippen LogP contribution in [0.2, 0.25) is 0 Å². The molecule has 2 heterocycles. The molecule has 24 heavy (non-hydrogen) atoms. The maximum atomic E-state index is 12.0. The fourth-order valence-electron chi connectivity index (χ4n) is 1.75. The molecule has 2 amide bonds. The van der Waals surface area contributed by atoms with E-state index in [0.717, 1.165) is 11.4 Å². The molecule has 0 aliphatic heterocycles. The minimum Gasteiger partial charge on any atom is -0.356 e. The Bertz CT molecular complexity index is 697. The van der Waals surface area contributed by atoms with E-state index in [1.807, 2.05) is 6.92 Å². The summed E-state index contributed by atoms with van der Waals surface area (Å²) in [4.78, 5) is 23.8. The zero-order valence-electron chi connectivity index (χ0n) is 13.8. The molecule has 8 nitrogen and oxygen atoms in total. The van der Waals surface area contributed by atoms with Gasteiger partial charge in [0.1, 0.15) is 10.0 Å². The third kappa shape index (κ3) is 5.93. The molecule has 2 N–H and O–H groups in total. The van der Waals surface area contributed by atoms with Gasteiger partial charge in [0.15, 0.2) is 0 Å². The lowest BCUT2D eigenvalue weighted by Gasteiger charge is -2.06. The van der Waals surface area contributed by atoms with E-state index in [4.69, 9.17) is 0 Å². The molecule has 0 radical (unpaired) electrons. The summed E-state index contributed by atoms with van der Waals surface area (Å²) in [5, 5.41) is 23.1. The molecule has 0 saturated heterocycles. The lowest BCUT2D eigenvalue weighted by molar-refractivity contribution is -0.121. The molecule has 0 aromatic carbocycles. The van der Waals surface area contributed by atoms with E-state index in [1.54, 1.807) is 0 Å². The van der Waals surface area contributed by atoms with Crippen molar-refractivity contribution in [2.24, 2.45) is 5.92 Å². The molecule has 2 aromatic heterocycles. The van der Waals surface area contributed by atoms with Crippen LogP contribution in [0, 0.1) is 12.8 Å². The number of rotatable bonds is 8. The quantitative estimate of drug-likeness (QED) is 0.738. The highest BCUT2D eigenvalue weighted by Gasteiger charge is 2.15. The van der Waals surface area contributed by atoms with Gasteiger partial charge in [0.25, 0.3) is 5.91 Å². The average Bonchev–Trinajstić information content (AvgIpc) is 3.14. The van der Waals surface area contributed by atoms with Gasteiger partial charge in [-0.3, -0.25) is 14.9 Å². The second-order valence-electron chi connectivity index (χ2n) is 5.61. The lowest BCUT2D eigenvalue weighted by atomic mass is 10.1. The van der Waals surface area contributed by atoms with Crippen LogP contribution < -0.4 is 10.6 Å². The molecule has 0 bridgehead atoms. The summed E-state index contributed by atoms with van der Waals surface area (Å²) >= 11 is 2.47. The Kier molecular flexibility index (Phi) is 6.73. The Morgan fingerprint density at radius 2 is 1.92 bits per heavy atom. The number of hydrogen-bond donors (Lipinski definition) is 2. The molecular weight excluding hydrogens is 348 g/mol. The standard InChI is InChI=1S/C14H20N6O2S2/c1-8(2)6-7-15-10(21)4-5-11-18-19-13(24-11)12(22)16-14-20-17-9(3)23-14/h8H,4-7H2,1-3H3,(H,15,21)(H,16,20,22). The van der Waals surface area contributed by atoms with Gasteiger partial charge in [-0.25, -0.2) is 0 Å². The molecule has 2 aromatic rings. The van der Waals surface area contributed by atoms with Crippen molar-refractivity contribution in [3.8, 4) is 0 Å². The van der Waals surface area contributed by atoms with E-state index in [0.29, 0.717) is 35.4 Å². The highest BCUT2D eigenvalue weighted by Crippen LogP contribution is 2.17. The Labute approximate surface area is 148 Å². The highest BCUT2D eigenvalue weighted by atomic mass is 32.1. The zero-order chi connectivity index (χ0) is 17.5. The van der Waals surface area contributed by atoms with Gasteiger partial charge in [0.2, 0.25) is 16.0 Å². The van der Waals surface area contributed by atoms with Crippen LogP contribution in [-0.2, 0) is 11.2 Å². The predicted octanol–water partition coefficient (Wildman–Crippen LogP) is 2.05. The maximum absolute atomic E-state index is 12.0. The van der Waals surface area contributed by atoms with E-state index in [9.17, 15) is 9.59 Å². The number of aromatic nitrogens is 4. The fraction of sp³-hybridized carbons (Fsp3) is 0.571. The van der Waals surface area contributed by atoms with E-state index < -0.39 is 0 Å². The molecule has 0 aliphatic carbocycles. The molecule has 2 rings (SSSR count). The van der Waals surface area contributed by atoms with Gasteiger partial charge in [-0.05, 0) is 19.3 Å². The molecule has 130 valence electrons. The number of nitrogens with one attached hydrogen (secondary N) is 2. The van der Waals surface area contributed by atoms with Crippen LogP contribution in [0.5, 0.6) is 0 Å². The summed E-state index contributed by atoms with van der Waals surface area (Å²) in [7, 11) is 0. The van der Waals surface area contributed by atoms with Gasteiger partial charge in [0.05, 0.1) is 0 Å². The lowest BCUT2D eigenvalue weighted by Crippen LogP contribution is -2.25. The van der Waals surface area contributed by atoms with Crippen molar-refractivity contribution in [1.82, 2.24) is 25.7 Å². The summed E-state index contributed by atoms with van der Waals surface area (Å²) in [5.41, 5.74) is 0. The Hall–Kier alpha value is -1.94. The third-order valence-electron chi connectivity index (χ3n) is 3.02. The van der Waals surface area contributed by atoms with Gasteiger partial charge in [-0.1, -0.05) is 36.5 Å². The number of anilines is 1. The fourth-order valence-corrected chi connectivity index (χ4v) is 3.07. The first-order valence-electron chi connectivity index (χ1n) is 7.64. The van der Waals surface area contributed by atoms with Crippen molar-refractivity contribution in [3.05, 3.63) is 15.0 Å². The van der Waals surface area contributed by atoms with Crippen LogP contribution in [-0.4, -0.2) is 38.8 Å². The highest BCUT2D eigenvalue weighted by molar-refractivity contribution is 7.15. The van der Waals surface area contributed by atoms with Gasteiger partial charge in [-0.15, -0.1) is 20.4 Å². The largest absolute Gasteiger partial charge is 0.356 e. The van der Waals surface area contributed by atoms with Crippen LogP contribution >= 0.6 is 22.7 Å². The summed E-state index contributed by atoms with van der Waals surface area (Å²) < 4.78 is 0. The minimum atomic E-state index is -0.365. The topological polar surface area (TPSA) is 110 Å². The van der Waals surface area contributed by atoms with E-state index in [-0.39, 0.29) is 16.8 Å². The maximum Gasteiger partial charge on any atom is 0.288 e. The van der Waals surface area contributed by atoms with Crippen molar-refractivity contribution in [2.45, 2.75) is 40.0 Å². The third-order valence-corrected chi connectivity index (χ3v) is 4.75. The second kappa shape index (κ2) is 8.78. The summed E-state index contributed by atoms with van der Waals surface area (Å²) in [6, 6.07) is 0. The SMILES string of the molecule is Cc1nnc(NC(=O)c2nnc(CCC(=O)NCCC(C)C)s2)s1. The molecule has 10 heteroatoms. The minimum absolute atomic E-state index is 0.0128. The van der Waals surface area contributed by atoms with Crippen molar-refractivity contribution in [1.29, 1.82) is 0 Å². The smallest absolute Gasteiger partial charge is 0.288 e. The average molecular weight is 368 g/mol. The van der Waals surface area contributed by atoms with E-state index >= 15 is 0 Å². The molecule has 0 atom stereocenters. The second-order valence-corrected chi connectivity index (χ2v) is 7.86. The number of carbonyl (C=O) groups is 2. The van der Waals surface area contributed by atoms with Crippen molar-refractivity contribution < 1.29 is 9.59 Å². The first-order valence-corrected chi connectivity index (χ1v) is 9.28. The summed E-state index contributed by atoms with van der Waals surface area (Å²) in [6.45, 7) is 6.72. The van der Waals surface area contributed by atoms with Crippen molar-refractivity contribution in [3.63, 3.8) is 0 Å². The van der Waals surface area contributed by atoms with Gasteiger partial charge in [0, 0.05) is 19.4 Å². The first kappa shape index (κ1) is 18.4. The first-order chi connectivity index (χ1) is 11.4.